The number of hydrogen-bond donors (Lipinski definition) is 1. The molecule has 31 heavy (non-hydrogen) atoms. The van der Waals surface area contributed by atoms with Crippen LogP contribution in [0.4, 0.5) is 5.69 Å². The summed E-state index contributed by atoms with van der Waals surface area (Å²) in [5.74, 6) is 0.552. The van der Waals surface area contributed by atoms with E-state index in [2.05, 4.69) is 32.2 Å². The Morgan fingerprint density at radius 2 is 2.10 bits per heavy atom. The van der Waals surface area contributed by atoms with Crippen molar-refractivity contribution < 1.29 is 4.79 Å². The van der Waals surface area contributed by atoms with E-state index in [1.54, 1.807) is 0 Å². The molecular formula is C26H33N3OS. The Kier molecular flexibility index (Phi) is 7.11. The largest absolute Gasteiger partial charge is 0.325 e. The van der Waals surface area contributed by atoms with Gasteiger partial charge in [0.15, 0.2) is 0 Å². The second-order valence-corrected chi connectivity index (χ2v) is 10.8. The van der Waals surface area contributed by atoms with Gasteiger partial charge in [0, 0.05) is 11.4 Å². The minimum atomic E-state index is -0.302. The summed E-state index contributed by atoms with van der Waals surface area (Å²) in [7, 11) is 0. The van der Waals surface area contributed by atoms with Crippen molar-refractivity contribution in [3.63, 3.8) is 0 Å². The minimum Gasteiger partial charge on any atom is -0.325 e. The number of fused-ring (bicyclic) bond motifs is 1. The topological polar surface area (TPSA) is 65.8 Å². The number of carbonyl (C=O) groups is 1. The van der Waals surface area contributed by atoms with E-state index in [1.807, 2.05) is 45.0 Å². The number of benzene rings is 1. The van der Waals surface area contributed by atoms with Crippen molar-refractivity contribution >= 4 is 23.4 Å². The van der Waals surface area contributed by atoms with E-state index in [0.29, 0.717) is 22.9 Å². The van der Waals surface area contributed by atoms with Gasteiger partial charge in [-0.05, 0) is 79.7 Å². The lowest BCUT2D eigenvalue weighted by atomic mass is 9.71. The number of rotatable bonds is 5. The fourth-order valence-corrected chi connectivity index (χ4v) is 5.11. The van der Waals surface area contributed by atoms with Crippen molar-refractivity contribution in [1.29, 1.82) is 5.26 Å². The zero-order chi connectivity index (χ0) is 22.8. The SMILES string of the molecule is CCC(Sc1nc2c(cc1C#N)CC(C(C)(C)C)CC2)C(=O)Nc1cccc(C)c1C. The zero-order valence-electron chi connectivity index (χ0n) is 19.5. The third-order valence-electron chi connectivity index (χ3n) is 6.48. The van der Waals surface area contributed by atoms with Crippen molar-refractivity contribution in [1.82, 2.24) is 4.98 Å². The molecule has 1 aromatic carbocycles. The Morgan fingerprint density at radius 3 is 2.74 bits per heavy atom. The number of aryl methyl sites for hydroxylation is 2. The Balaban J connectivity index is 1.81. The Bertz CT molecular complexity index is 1020. The molecule has 0 spiro atoms. The van der Waals surface area contributed by atoms with Gasteiger partial charge in [0.25, 0.3) is 0 Å². The summed E-state index contributed by atoms with van der Waals surface area (Å²) in [6, 6.07) is 10.3. The molecule has 1 N–H and O–H groups in total. The van der Waals surface area contributed by atoms with E-state index in [0.717, 1.165) is 41.8 Å². The summed E-state index contributed by atoms with van der Waals surface area (Å²) in [6.07, 6.45) is 3.68. The number of anilines is 1. The first kappa shape index (κ1) is 23.3. The third kappa shape index (κ3) is 5.30. The van der Waals surface area contributed by atoms with Gasteiger partial charge in [-0.3, -0.25) is 4.79 Å². The highest BCUT2D eigenvalue weighted by molar-refractivity contribution is 8.00. The molecule has 1 heterocycles. The smallest absolute Gasteiger partial charge is 0.237 e. The average molecular weight is 436 g/mol. The molecule has 5 heteroatoms. The van der Waals surface area contributed by atoms with E-state index in [4.69, 9.17) is 4.98 Å². The Hall–Kier alpha value is -2.32. The van der Waals surface area contributed by atoms with Crippen molar-refractivity contribution in [2.45, 2.75) is 77.5 Å². The second-order valence-electron chi connectivity index (χ2n) is 9.62. The first-order valence-corrected chi connectivity index (χ1v) is 12.0. The lowest BCUT2D eigenvalue weighted by Crippen LogP contribution is -2.28. The predicted molar refractivity (Wildman–Crippen MR) is 128 cm³/mol. The number of nitrogens with zero attached hydrogens (tertiary/aromatic N) is 2. The van der Waals surface area contributed by atoms with Crippen LogP contribution in [0.5, 0.6) is 0 Å². The van der Waals surface area contributed by atoms with Crippen molar-refractivity contribution in [3.05, 3.63) is 52.2 Å². The summed E-state index contributed by atoms with van der Waals surface area (Å²) in [5.41, 5.74) is 6.18. The summed E-state index contributed by atoms with van der Waals surface area (Å²) >= 11 is 1.41. The highest BCUT2D eigenvalue weighted by Gasteiger charge is 2.30. The second kappa shape index (κ2) is 9.44. The molecule has 1 aliphatic carbocycles. The van der Waals surface area contributed by atoms with Crippen molar-refractivity contribution in [2.24, 2.45) is 11.3 Å². The van der Waals surface area contributed by atoms with Gasteiger partial charge in [0.1, 0.15) is 11.1 Å². The van der Waals surface area contributed by atoms with E-state index >= 15 is 0 Å². The van der Waals surface area contributed by atoms with Crippen LogP contribution in [0.3, 0.4) is 0 Å². The molecule has 0 saturated carbocycles. The first-order chi connectivity index (χ1) is 14.6. The number of hydrogen-bond acceptors (Lipinski definition) is 4. The quantitative estimate of drug-likeness (QED) is 0.565. The van der Waals surface area contributed by atoms with E-state index in [-0.39, 0.29) is 16.6 Å². The average Bonchev–Trinajstić information content (AvgIpc) is 2.73. The van der Waals surface area contributed by atoms with Gasteiger partial charge in [0.05, 0.1) is 10.8 Å². The molecule has 0 radical (unpaired) electrons. The molecule has 0 saturated heterocycles. The molecule has 0 bridgehead atoms. The molecule has 1 amide bonds. The van der Waals surface area contributed by atoms with Crippen LogP contribution in [0.25, 0.3) is 0 Å². The molecule has 0 aliphatic heterocycles. The summed E-state index contributed by atoms with van der Waals surface area (Å²) in [4.78, 5) is 17.9. The van der Waals surface area contributed by atoms with Crippen LogP contribution in [0.15, 0.2) is 29.3 Å². The molecule has 2 unspecified atom stereocenters. The van der Waals surface area contributed by atoms with Gasteiger partial charge in [-0.15, -0.1) is 0 Å². The third-order valence-corrected chi connectivity index (χ3v) is 7.84. The summed E-state index contributed by atoms with van der Waals surface area (Å²) in [6.45, 7) is 12.9. The fourth-order valence-electron chi connectivity index (χ4n) is 4.11. The molecule has 0 fully saturated rings. The number of amides is 1. The lowest BCUT2D eigenvalue weighted by Gasteiger charge is -2.34. The van der Waals surface area contributed by atoms with Crippen LogP contribution in [0.2, 0.25) is 0 Å². The van der Waals surface area contributed by atoms with Crippen molar-refractivity contribution in [2.75, 3.05) is 5.32 Å². The molecule has 4 nitrogen and oxygen atoms in total. The molecule has 2 aromatic rings. The van der Waals surface area contributed by atoms with Gasteiger partial charge in [-0.2, -0.15) is 5.26 Å². The van der Waals surface area contributed by atoms with Gasteiger partial charge >= 0.3 is 0 Å². The lowest BCUT2D eigenvalue weighted by molar-refractivity contribution is -0.115. The number of nitriles is 1. The highest BCUT2D eigenvalue weighted by Crippen LogP contribution is 2.38. The Morgan fingerprint density at radius 1 is 1.35 bits per heavy atom. The normalized spacial score (nSPS) is 16.9. The van der Waals surface area contributed by atoms with Crippen LogP contribution in [0, 0.1) is 36.5 Å². The van der Waals surface area contributed by atoms with Crippen LogP contribution < -0.4 is 5.32 Å². The number of pyridine rings is 1. The van der Waals surface area contributed by atoms with Gasteiger partial charge in [0.2, 0.25) is 5.91 Å². The number of thioether (sulfide) groups is 1. The zero-order valence-corrected chi connectivity index (χ0v) is 20.3. The fraction of sp³-hybridized carbons (Fsp3) is 0.500. The number of aromatic nitrogens is 1. The maximum Gasteiger partial charge on any atom is 0.237 e. The van der Waals surface area contributed by atoms with Gasteiger partial charge in [-0.25, -0.2) is 4.98 Å². The maximum absolute atomic E-state index is 13.0. The highest BCUT2D eigenvalue weighted by atomic mass is 32.2. The van der Waals surface area contributed by atoms with Crippen LogP contribution in [0.1, 0.15) is 68.5 Å². The minimum absolute atomic E-state index is 0.0441. The molecule has 1 aliphatic rings. The standard InChI is InChI=1S/C26H33N3OS/c1-7-23(24(30)28-21-10-8-9-16(2)17(21)3)31-25-19(15-27)13-18-14-20(26(4,5)6)11-12-22(18)29-25/h8-10,13,20,23H,7,11-12,14H2,1-6H3,(H,28,30). The van der Waals surface area contributed by atoms with Crippen LogP contribution >= 0.6 is 11.8 Å². The van der Waals surface area contributed by atoms with Crippen LogP contribution in [-0.2, 0) is 17.6 Å². The maximum atomic E-state index is 13.0. The molecule has 164 valence electrons. The molecule has 2 atom stereocenters. The van der Waals surface area contributed by atoms with Crippen molar-refractivity contribution in [3.8, 4) is 6.07 Å². The Labute approximate surface area is 190 Å². The van der Waals surface area contributed by atoms with Gasteiger partial charge in [-0.1, -0.05) is 51.6 Å². The summed E-state index contributed by atoms with van der Waals surface area (Å²) in [5, 5.41) is 13.2. The van der Waals surface area contributed by atoms with E-state index in [1.165, 1.54) is 17.3 Å². The van der Waals surface area contributed by atoms with E-state index in [9.17, 15) is 10.1 Å². The molecule has 3 rings (SSSR count). The number of carbonyl (C=O) groups excluding carboxylic acids is 1. The first-order valence-electron chi connectivity index (χ1n) is 11.1. The summed E-state index contributed by atoms with van der Waals surface area (Å²) < 4.78 is 0. The number of nitrogens with one attached hydrogen (secondary N) is 1. The van der Waals surface area contributed by atoms with E-state index < -0.39 is 0 Å². The molecule has 1 aromatic heterocycles. The monoisotopic (exact) mass is 435 g/mol. The molecular weight excluding hydrogens is 402 g/mol. The predicted octanol–water partition coefficient (Wildman–Crippen LogP) is 6.23. The van der Waals surface area contributed by atoms with Gasteiger partial charge < -0.3 is 5.32 Å². The van der Waals surface area contributed by atoms with Crippen LogP contribution in [-0.4, -0.2) is 16.1 Å².